The minimum Gasteiger partial charge on any atom is -0.256 e. The van der Waals surface area contributed by atoms with Crippen LogP contribution in [0.25, 0.3) is 62.4 Å². The molecule has 0 N–H and O–H groups in total. The van der Waals surface area contributed by atoms with Gasteiger partial charge in [-0.3, -0.25) is 4.98 Å². The van der Waals surface area contributed by atoms with Gasteiger partial charge in [-0.15, -0.1) is 5.10 Å². The molecule has 4 aromatic carbocycles. The summed E-state index contributed by atoms with van der Waals surface area (Å²) in [6.45, 7) is 2.06. The van der Waals surface area contributed by atoms with Gasteiger partial charge in [0.15, 0.2) is 17.5 Å². The highest BCUT2D eigenvalue weighted by Crippen LogP contribution is 2.28. The maximum absolute atomic E-state index is 4.86. The van der Waals surface area contributed by atoms with Gasteiger partial charge >= 0.3 is 0 Å². The van der Waals surface area contributed by atoms with Gasteiger partial charge in [0, 0.05) is 34.0 Å². The van der Waals surface area contributed by atoms with Gasteiger partial charge in [0.2, 0.25) is 0 Å². The fraction of sp³-hybridized carbons (Fsp3) is 0.0286. The zero-order valence-corrected chi connectivity index (χ0v) is 22.8. The van der Waals surface area contributed by atoms with Crippen molar-refractivity contribution < 1.29 is 0 Å². The Kier molecular flexibility index (Phi) is 6.58. The SMILES string of the molecule is Cc1ccnc(-c2cccc(-n3cc(-c4cccc(-c5nc(-c6ccccc6)nc(-c6ccccc6)n5)c4)nn3)c2)c1. The van der Waals surface area contributed by atoms with Gasteiger partial charge in [-0.1, -0.05) is 96.2 Å². The Morgan fingerprint density at radius 1 is 0.500 bits per heavy atom. The molecule has 0 radical (unpaired) electrons. The average molecular weight is 544 g/mol. The van der Waals surface area contributed by atoms with E-state index in [1.807, 2.05) is 116 Å². The van der Waals surface area contributed by atoms with Crippen molar-refractivity contribution in [3.8, 4) is 62.4 Å². The Morgan fingerprint density at radius 2 is 1.07 bits per heavy atom. The third kappa shape index (κ3) is 5.19. The zero-order valence-electron chi connectivity index (χ0n) is 22.8. The van der Waals surface area contributed by atoms with E-state index in [0.29, 0.717) is 17.5 Å². The van der Waals surface area contributed by atoms with Crippen LogP contribution in [0.5, 0.6) is 0 Å². The van der Waals surface area contributed by atoms with Crippen LogP contribution in [-0.4, -0.2) is 34.9 Å². The van der Waals surface area contributed by atoms with Gasteiger partial charge in [-0.2, -0.15) is 0 Å². The van der Waals surface area contributed by atoms with E-state index in [0.717, 1.165) is 44.9 Å². The first-order chi connectivity index (χ1) is 20.7. The summed E-state index contributed by atoms with van der Waals surface area (Å²) in [4.78, 5) is 19.0. The molecule has 7 nitrogen and oxygen atoms in total. The fourth-order valence-electron chi connectivity index (χ4n) is 4.78. The highest BCUT2D eigenvalue weighted by Gasteiger charge is 2.14. The zero-order chi connectivity index (χ0) is 28.3. The van der Waals surface area contributed by atoms with Crippen molar-refractivity contribution in [2.45, 2.75) is 6.92 Å². The first-order valence-electron chi connectivity index (χ1n) is 13.6. The lowest BCUT2D eigenvalue weighted by atomic mass is 10.1. The smallest absolute Gasteiger partial charge is 0.164 e. The van der Waals surface area contributed by atoms with Crippen LogP contribution >= 0.6 is 0 Å². The predicted octanol–water partition coefficient (Wildman–Crippen LogP) is 7.49. The van der Waals surface area contributed by atoms with E-state index in [4.69, 9.17) is 15.0 Å². The summed E-state index contributed by atoms with van der Waals surface area (Å²) >= 11 is 0. The molecule has 3 heterocycles. The lowest BCUT2D eigenvalue weighted by Gasteiger charge is -2.09. The third-order valence-corrected chi connectivity index (χ3v) is 6.93. The summed E-state index contributed by atoms with van der Waals surface area (Å²) < 4.78 is 1.78. The predicted molar refractivity (Wildman–Crippen MR) is 164 cm³/mol. The number of aromatic nitrogens is 7. The molecule has 200 valence electrons. The summed E-state index contributed by atoms with van der Waals surface area (Å²) in [5, 5.41) is 8.92. The van der Waals surface area contributed by atoms with Crippen molar-refractivity contribution in [2.24, 2.45) is 0 Å². The van der Waals surface area contributed by atoms with Crippen LogP contribution in [0.2, 0.25) is 0 Å². The molecule has 3 aromatic heterocycles. The quantitative estimate of drug-likeness (QED) is 0.216. The average Bonchev–Trinajstić information content (AvgIpc) is 3.56. The molecule has 0 spiro atoms. The summed E-state index contributed by atoms with van der Waals surface area (Å²) in [5.41, 5.74) is 8.41. The number of hydrogen-bond acceptors (Lipinski definition) is 6. The van der Waals surface area contributed by atoms with Crippen LogP contribution in [0.15, 0.2) is 134 Å². The van der Waals surface area contributed by atoms with E-state index in [-0.39, 0.29) is 0 Å². The van der Waals surface area contributed by atoms with E-state index in [1.54, 1.807) is 4.68 Å². The molecular weight excluding hydrogens is 518 g/mol. The van der Waals surface area contributed by atoms with Crippen LogP contribution in [0.1, 0.15) is 5.56 Å². The topological polar surface area (TPSA) is 82.3 Å². The Hall–Kier alpha value is -5.82. The van der Waals surface area contributed by atoms with Gasteiger partial charge in [0.05, 0.1) is 17.6 Å². The molecule has 0 amide bonds. The second-order valence-electron chi connectivity index (χ2n) is 9.94. The monoisotopic (exact) mass is 543 g/mol. The molecule has 0 aliphatic heterocycles. The van der Waals surface area contributed by atoms with Gasteiger partial charge in [-0.05, 0) is 42.8 Å². The summed E-state index contributed by atoms with van der Waals surface area (Å²) in [5.74, 6) is 1.84. The molecule has 0 aliphatic carbocycles. The van der Waals surface area contributed by atoms with Crippen molar-refractivity contribution in [3.05, 3.63) is 139 Å². The van der Waals surface area contributed by atoms with Gasteiger partial charge < -0.3 is 0 Å². The van der Waals surface area contributed by atoms with Crippen molar-refractivity contribution in [2.75, 3.05) is 0 Å². The number of rotatable bonds is 6. The van der Waals surface area contributed by atoms with Gasteiger partial charge in [0.1, 0.15) is 5.69 Å². The van der Waals surface area contributed by atoms with E-state index >= 15 is 0 Å². The number of aryl methyl sites for hydroxylation is 1. The van der Waals surface area contributed by atoms with Gasteiger partial charge in [0.25, 0.3) is 0 Å². The molecule has 7 aromatic rings. The highest BCUT2D eigenvalue weighted by atomic mass is 15.4. The molecule has 0 aliphatic rings. The lowest BCUT2D eigenvalue weighted by Crippen LogP contribution is -2.00. The van der Waals surface area contributed by atoms with Crippen molar-refractivity contribution in [1.82, 2.24) is 34.9 Å². The Morgan fingerprint density at radius 3 is 1.74 bits per heavy atom. The molecule has 0 unspecified atom stereocenters. The summed E-state index contributed by atoms with van der Waals surface area (Å²) in [7, 11) is 0. The number of nitrogens with zero attached hydrogens (tertiary/aromatic N) is 7. The maximum Gasteiger partial charge on any atom is 0.164 e. The molecule has 0 fully saturated rings. The number of hydrogen-bond donors (Lipinski definition) is 0. The molecule has 7 rings (SSSR count). The molecule has 7 heteroatoms. The van der Waals surface area contributed by atoms with E-state index in [1.165, 1.54) is 5.56 Å². The van der Waals surface area contributed by atoms with Crippen molar-refractivity contribution in [3.63, 3.8) is 0 Å². The number of pyridine rings is 1. The largest absolute Gasteiger partial charge is 0.256 e. The summed E-state index contributed by atoms with van der Waals surface area (Å²) in [6, 6.07) is 40.2. The van der Waals surface area contributed by atoms with Crippen molar-refractivity contribution in [1.29, 1.82) is 0 Å². The first kappa shape index (κ1) is 25.2. The Balaban J connectivity index is 1.25. The Bertz CT molecular complexity index is 1940. The normalized spacial score (nSPS) is 11.0. The van der Waals surface area contributed by atoms with Crippen LogP contribution in [-0.2, 0) is 0 Å². The van der Waals surface area contributed by atoms with Crippen LogP contribution in [0, 0.1) is 6.92 Å². The molecular formula is C35H25N7. The highest BCUT2D eigenvalue weighted by molar-refractivity contribution is 5.71. The molecule has 0 saturated carbocycles. The Labute approximate surface area is 243 Å². The van der Waals surface area contributed by atoms with E-state index in [9.17, 15) is 0 Å². The molecule has 0 bridgehead atoms. The summed E-state index contributed by atoms with van der Waals surface area (Å²) in [6.07, 6.45) is 3.76. The van der Waals surface area contributed by atoms with E-state index < -0.39 is 0 Å². The van der Waals surface area contributed by atoms with Gasteiger partial charge in [-0.25, -0.2) is 19.6 Å². The lowest BCUT2D eigenvalue weighted by molar-refractivity contribution is 0.804. The van der Waals surface area contributed by atoms with E-state index in [2.05, 4.69) is 40.4 Å². The minimum absolute atomic E-state index is 0.593. The maximum atomic E-state index is 4.86. The van der Waals surface area contributed by atoms with Crippen molar-refractivity contribution >= 4 is 0 Å². The molecule has 0 atom stereocenters. The fourth-order valence-corrected chi connectivity index (χ4v) is 4.78. The van der Waals surface area contributed by atoms with Crippen LogP contribution in [0.3, 0.4) is 0 Å². The van der Waals surface area contributed by atoms with Crippen LogP contribution in [0.4, 0.5) is 0 Å². The first-order valence-corrected chi connectivity index (χ1v) is 13.6. The second kappa shape index (κ2) is 11.0. The molecule has 0 saturated heterocycles. The second-order valence-corrected chi connectivity index (χ2v) is 9.94. The third-order valence-electron chi connectivity index (χ3n) is 6.93. The number of benzene rings is 4. The minimum atomic E-state index is 0.593. The van der Waals surface area contributed by atoms with Crippen LogP contribution < -0.4 is 0 Å². The molecule has 42 heavy (non-hydrogen) atoms. The standard InChI is InChI=1S/C35H25N7/c1-24-18-19-36-31(20-24)28-15-9-17-30(22-28)42-23-32(40-41-42)27-14-8-16-29(21-27)35-38-33(25-10-4-2-5-11-25)37-34(39-35)26-12-6-3-7-13-26/h2-23H,1H3.